The molecule has 0 unspecified atom stereocenters. The van der Waals surface area contributed by atoms with Gasteiger partial charge in [0.1, 0.15) is 6.04 Å². The van der Waals surface area contributed by atoms with Crippen molar-refractivity contribution < 1.29 is 14.2 Å². The predicted molar refractivity (Wildman–Crippen MR) is 151 cm³/mol. The van der Waals surface area contributed by atoms with Crippen LogP contribution in [-0.4, -0.2) is 70.1 Å². The molecular weight excluding hydrogens is 508 g/mol. The number of methoxy groups -OCH3 is 2. The van der Waals surface area contributed by atoms with Crippen molar-refractivity contribution >= 4 is 10.9 Å². The van der Waals surface area contributed by atoms with Crippen LogP contribution in [0.1, 0.15) is 48.7 Å². The Balaban J connectivity index is 1.35. The number of ether oxygens (including phenoxy) is 3. The Morgan fingerprint density at radius 3 is 2.55 bits per heavy atom. The third kappa shape index (κ3) is 5.46. The molecule has 0 bridgehead atoms. The van der Waals surface area contributed by atoms with Crippen molar-refractivity contribution in [2.45, 2.75) is 50.8 Å². The molecular formula is C30H36N6O4. The second kappa shape index (κ2) is 11.8. The van der Waals surface area contributed by atoms with Gasteiger partial charge >= 0.3 is 0 Å². The average molecular weight is 545 g/mol. The lowest BCUT2D eigenvalue weighted by atomic mass is 9.89. The van der Waals surface area contributed by atoms with E-state index < -0.39 is 6.04 Å². The van der Waals surface area contributed by atoms with E-state index in [1.165, 1.54) is 5.56 Å². The van der Waals surface area contributed by atoms with Crippen molar-refractivity contribution in [3.05, 3.63) is 75.8 Å². The van der Waals surface area contributed by atoms with E-state index in [0.717, 1.165) is 57.2 Å². The zero-order chi connectivity index (χ0) is 27.5. The molecule has 6 rings (SSSR count). The number of rotatable bonds is 9. The van der Waals surface area contributed by atoms with E-state index in [9.17, 15) is 4.79 Å². The number of hydrogen-bond acceptors (Lipinski definition) is 8. The van der Waals surface area contributed by atoms with E-state index in [-0.39, 0.29) is 11.7 Å². The molecule has 4 aromatic rings. The molecule has 2 saturated heterocycles. The van der Waals surface area contributed by atoms with Gasteiger partial charge in [0, 0.05) is 23.6 Å². The van der Waals surface area contributed by atoms with Crippen molar-refractivity contribution in [2.75, 3.05) is 33.9 Å². The number of piperidine rings is 1. The molecule has 40 heavy (non-hydrogen) atoms. The first kappa shape index (κ1) is 26.5. The lowest BCUT2D eigenvalue weighted by Crippen LogP contribution is -2.41. The molecule has 0 aliphatic carbocycles. The molecule has 2 aromatic carbocycles. The van der Waals surface area contributed by atoms with Crippen LogP contribution >= 0.6 is 0 Å². The molecule has 1 N–H and O–H groups in total. The number of pyridine rings is 1. The van der Waals surface area contributed by atoms with Crippen LogP contribution in [-0.2, 0) is 17.7 Å². The number of aromatic amines is 1. The summed E-state index contributed by atoms with van der Waals surface area (Å²) in [7, 11) is 3.19. The van der Waals surface area contributed by atoms with E-state index in [1.54, 1.807) is 20.3 Å². The molecule has 0 amide bonds. The molecule has 10 nitrogen and oxygen atoms in total. The fourth-order valence-corrected chi connectivity index (χ4v) is 6.13. The Labute approximate surface area is 233 Å². The number of tetrazole rings is 1. The number of hydrogen-bond donors (Lipinski definition) is 1. The monoisotopic (exact) mass is 544 g/mol. The van der Waals surface area contributed by atoms with E-state index in [2.05, 4.69) is 55.7 Å². The Morgan fingerprint density at radius 1 is 1.05 bits per heavy atom. The van der Waals surface area contributed by atoms with Gasteiger partial charge in [-0.25, -0.2) is 4.68 Å². The maximum Gasteiger partial charge on any atom is 0.253 e. The van der Waals surface area contributed by atoms with Crippen LogP contribution in [0.2, 0.25) is 0 Å². The van der Waals surface area contributed by atoms with Crippen LogP contribution in [0, 0.1) is 5.92 Å². The van der Waals surface area contributed by atoms with Gasteiger partial charge in [0.25, 0.3) is 5.56 Å². The molecule has 2 aromatic heterocycles. The van der Waals surface area contributed by atoms with Gasteiger partial charge in [-0.1, -0.05) is 30.3 Å². The number of H-pyrrole nitrogens is 1. The maximum atomic E-state index is 13.7. The second-order valence-corrected chi connectivity index (χ2v) is 10.8. The summed E-state index contributed by atoms with van der Waals surface area (Å²) in [5.41, 5.74) is 2.51. The zero-order valence-electron chi connectivity index (χ0n) is 23.1. The van der Waals surface area contributed by atoms with Crippen molar-refractivity contribution in [1.82, 2.24) is 30.1 Å². The molecule has 210 valence electrons. The first-order valence-electron chi connectivity index (χ1n) is 14.1. The lowest BCUT2D eigenvalue weighted by molar-refractivity contribution is 0.0892. The van der Waals surface area contributed by atoms with E-state index in [4.69, 9.17) is 14.2 Å². The normalized spacial score (nSPS) is 19.2. The Hall–Kier alpha value is -3.76. The highest BCUT2D eigenvalue weighted by molar-refractivity contribution is 5.83. The third-order valence-corrected chi connectivity index (χ3v) is 8.26. The molecule has 2 aliphatic rings. The van der Waals surface area contributed by atoms with Crippen molar-refractivity contribution in [3.8, 4) is 11.5 Å². The van der Waals surface area contributed by atoms with Crippen LogP contribution < -0.4 is 15.0 Å². The standard InChI is InChI=1S/C30H36N6O4/c1-38-26-17-22-16-24(30(37)31-25(22)18-27(26)39-2)28(29-32-33-34-36(29)19-23-9-6-14-40-23)35-12-10-21(11-13-35)15-20-7-4-3-5-8-20/h3-5,7-8,16-18,21,23,28H,6,9-15,19H2,1-2H3,(H,31,37)/t23-,28+/m0/s1. The maximum absolute atomic E-state index is 13.7. The molecule has 2 fully saturated rings. The molecule has 10 heteroatoms. The minimum Gasteiger partial charge on any atom is -0.493 e. The summed E-state index contributed by atoms with van der Waals surface area (Å²) in [4.78, 5) is 19.1. The minimum absolute atomic E-state index is 0.0751. The van der Waals surface area contributed by atoms with Gasteiger partial charge in [0.05, 0.1) is 32.4 Å². The van der Waals surface area contributed by atoms with E-state index in [0.29, 0.717) is 40.9 Å². The fourth-order valence-electron chi connectivity index (χ4n) is 6.13. The zero-order valence-corrected chi connectivity index (χ0v) is 23.1. The summed E-state index contributed by atoms with van der Waals surface area (Å²) in [5, 5.41) is 13.7. The molecule has 2 atom stereocenters. The molecule has 0 spiro atoms. The smallest absolute Gasteiger partial charge is 0.253 e. The molecule has 4 heterocycles. The van der Waals surface area contributed by atoms with Gasteiger partial charge < -0.3 is 19.2 Å². The van der Waals surface area contributed by atoms with Crippen molar-refractivity contribution in [3.63, 3.8) is 0 Å². The largest absolute Gasteiger partial charge is 0.493 e. The molecule has 0 radical (unpaired) electrons. The Morgan fingerprint density at radius 2 is 1.82 bits per heavy atom. The van der Waals surface area contributed by atoms with Gasteiger partial charge in [-0.2, -0.15) is 0 Å². The number of nitrogens with one attached hydrogen (secondary N) is 1. The van der Waals surface area contributed by atoms with Crippen molar-refractivity contribution in [2.24, 2.45) is 5.92 Å². The van der Waals surface area contributed by atoms with Crippen LogP contribution in [0.5, 0.6) is 11.5 Å². The highest BCUT2D eigenvalue weighted by Crippen LogP contribution is 2.35. The lowest BCUT2D eigenvalue weighted by Gasteiger charge is -2.37. The number of likely N-dealkylation sites (tertiary alicyclic amines) is 1. The fraction of sp³-hybridized carbons (Fsp3) is 0.467. The Kier molecular flexibility index (Phi) is 7.79. The second-order valence-electron chi connectivity index (χ2n) is 10.8. The molecule has 2 aliphatic heterocycles. The van der Waals surface area contributed by atoms with Gasteiger partial charge in [-0.15, -0.1) is 5.10 Å². The summed E-state index contributed by atoms with van der Waals surface area (Å²) in [6.45, 7) is 3.02. The summed E-state index contributed by atoms with van der Waals surface area (Å²) in [5.74, 6) is 2.43. The summed E-state index contributed by atoms with van der Waals surface area (Å²) in [6.07, 6.45) is 5.23. The number of nitrogens with zero attached hydrogens (tertiary/aromatic N) is 5. The quantitative estimate of drug-likeness (QED) is 0.340. The molecule has 0 saturated carbocycles. The first-order chi connectivity index (χ1) is 19.6. The van der Waals surface area contributed by atoms with Crippen LogP contribution in [0.25, 0.3) is 10.9 Å². The van der Waals surface area contributed by atoms with Crippen LogP contribution in [0.3, 0.4) is 0 Å². The summed E-state index contributed by atoms with van der Waals surface area (Å²) < 4.78 is 18.7. The summed E-state index contributed by atoms with van der Waals surface area (Å²) >= 11 is 0. The number of aromatic nitrogens is 5. The van der Waals surface area contributed by atoms with E-state index in [1.807, 2.05) is 16.8 Å². The van der Waals surface area contributed by atoms with Gasteiger partial charge in [-0.3, -0.25) is 9.69 Å². The highest BCUT2D eigenvalue weighted by Gasteiger charge is 2.34. The Bertz CT molecular complexity index is 1490. The SMILES string of the molecule is COc1cc2cc([C@H](c3nnnn3C[C@@H]3CCCO3)N3CCC(Cc4ccccc4)CC3)c(=O)[nH]c2cc1OC. The first-order valence-corrected chi connectivity index (χ1v) is 14.1. The van der Waals surface area contributed by atoms with Crippen LogP contribution in [0.15, 0.2) is 53.3 Å². The number of fused-ring (bicyclic) bond motifs is 1. The minimum atomic E-state index is -0.393. The highest BCUT2D eigenvalue weighted by atomic mass is 16.5. The summed E-state index contributed by atoms with van der Waals surface area (Å²) in [6, 6.07) is 15.9. The van der Waals surface area contributed by atoms with Crippen molar-refractivity contribution in [1.29, 1.82) is 0 Å². The average Bonchev–Trinajstić information content (AvgIpc) is 3.67. The van der Waals surface area contributed by atoms with Gasteiger partial charge in [0.15, 0.2) is 17.3 Å². The van der Waals surface area contributed by atoms with E-state index >= 15 is 0 Å². The topological polar surface area (TPSA) is 107 Å². The third-order valence-electron chi connectivity index (χ3n) is 8.26. The van der Waals surface area contributed by atoms with Crippen LogP contribution in [0.4, 0.5) is 0 Å². The predicted octanol–water partition coefficient (Wildman–Crippen LogP) is 3.75. The van der Waals surface area contributed by atoms with Gasteiger partial charge in [-0.05, 0) is 79.2 Å². The number of benzene rings is 2. The van der Waals surface area contributed by atoms with Gasteiger partial charge in [0.2, 0.25) is 0 Å².